The largest absolute Gasteiger partial charge is 0.479 e. The summed E-state index contributed by atoms with van der Waals surface area (Å²) in [6, 6.07) is 0. The average molecular weight is 995 g/mol. The van der Waals surface area contributed by atoms with Gasteiger partial charge in [-0.15, -0.1) is 0 Å². The molecule has 12 nitrogen and oxygen atoms in total. The molecular weight excluding hydrogens is 901 g/mol. The highest BCUT2D eigenvalue weighted by Gasteiger charge is 2.50. The van der Waals surface area contributed by atoms with Gasteiger partial charge in [-0.25, -0.2) is 4.79 Å². The number of allylic oxidation sites excluding steroid dienone is 15. The first-order chi connectivity index (χ1) is 34.6. The summed E-state index contributed by atoms with van der Waals surface area (Å²) in [5, 5.41) is 31.3. The monoisotopic (exact) mass is 995 g/mol. The number of hydrogen-bond donors (Lipinski definition) is 3. The summed E-state index contributed by atoms with van der Waals surface area (Å²) in [4.78, 5) is 50.9. The SMILES string of the molecule is CC/C=C\C/C=C\C/C=C\C/C=C\C/C=C\CC(=O)OC1C(OCC(COC(=O)CCCCC/C=C\C/C=C\C/C=C\CC)OC(=O)CCCCCCCCCCCCCCC)OC(C(=O)O)C(O)C1O. The van der Waals surface area contributed by atoms with Crippen LogP contribution in [-0.4, -0.2) is 89.2 Å². The van der Waals surface area contributed by atoms with Crippen LogP contribution in [0.1, 0.15) is 201 Å². The van der Waals surface area contributed by atoms with Gasteiger partial charge in [0, 0.05) is 12.8 Å². The van der Waals surface area contributed by atoms with Gasteiger partial charge in [0.25, 0.3) is 0 Å². The van der Waals surface area contributed by atoms with E-state index in [0.717, 1.165) is 83.5 Å². The van der Waals surface area contributed by atoms with Crippen LogP contribution >= 0.6 is 0 Å². The van der Waals surface area contributed by atoms with E-state index in [4.69, 9.17) is 23.7 Å². The molecule has 402 valence electrons. The van der Waals surface area contributed by atoms with Gasteiger partial charge in [-0.05, 0) is 77.0 Å². The fourth-order valence-electron chi connectivity index (χ4n) is 7.57. The van der Waals surface area contributed by atoms with Crippen molar-refractivity contribution in [2.45, 2.75) is 237 Å². The Bertz CT molecular complexity index is 1610. The van der Waals surface area contributed by atoms with Crippen LogP contribution in [0.4, 0.5) is 0 Å². The fraction of sp³-hybridized carbons (Fsp3) is 0.661. The highest BCUT2D eigenvalue weighted by molar-refractivity contribution is 5.74. The van der Waals surface area contributed by atoms with Crippen LogP contribution in [0.5, 0.6) is 0 Å². The predicted octanol–water partition coefficient (Wildman–Crippen LogP) is 13.3. The van der Waals surface area contributed by atoms with Gasteiger partial charge in [0.05, 0.1) is 13.0 Å². The van der Waals surface area contributed by atoms with Crippen molar-refractivity contribution >= 4 is 23.9 Å². The number of carboxylic acids is 1. The second-order valence-electron chi connectivity index (χ2n) is 18.1. The van der Waals surface area contributed by atoms with Gasteiger partial charge in [0.2, 0.25) is 0 Å². The van der Waals surface area contributed by atoms with Crippen molar-refractivity contribution in [1.29, 1.82) is 0 Å². The predicted molar refractivity (Wildman–Crippen MR) is 284 cm³/mol. The molecule has 6 unspecified atom stereocenters. The summed E-state index contributed by atoms with van der Waals surface area (Å²) in [6.07, 6.45) is 48.5. The molecule has 1 fully saturated rings. The molecule has 0 saturated carbocycles. The van der Waals surface area contributed by atoms with Crippen molar-refractivity contribution in [1.82, 2.24) is 0 Å². The number of aliphatic hydroxyl groups is 2. The molecule has 1 aliphatic rings. The maximum Gasteiger partial charge on any atom is 0.335 e. The molecule has 3 N–H and O–H groups in total. The number of rotatable bonds is 44. The van der Waals surface area contributed by atoms with E-state index < -0.39 is 67.3 Å². The number of carboxylic acid groups (broad SMARTS) is 1. The van der Waals surface area contributed by atoms with Crippen LogP contribution in [0.2, 0.25) is 0 Å². The van der Waals surface area contributed by atoms with Gasteiger partial charge in [-0.2, -0.15) is 0 Å². The number of aliphatic carboxylic acids is 1. The van der Waals surface area contributed by atoms with Crippen LogP contribution in [0, 0.1) is 0 Å². The Labute approximate surface area is 428 Å². The van der Waals surface area contributed by atoms with Crippen LogP contribution < -0.4 is 0 Å². The standard InChI is InChI=1S/C59H94O12/c1-4-7-10-13-16-19-22-25-26-29-32-35-38-41-44-47-53(62)70-57-55(64)54(63)56(58(65)66)71-59(57)68-49-50(69-52(61)46-43-40-37-34-31-28-24-21-18-15-12-9-6-3)48-67-51(60)45-42-39-36-33-30-27-23-20-17-14-11-8-5-2/h7-8,10-11,16-17,19-20,25-27,30,32,35,41,44,50,54-57,59,63-64H,4-6,9,12-15,18,21-24,28-29,31,33-34,36-40,42-43,45-49H2,1-3H3,(H,65,66)/b10-7-,11-8-,19-16-,20-17-,26-25-,30-27-,35-32-,44-41-. The topological polar surface area (TPSA) is 175 Å². The Hall–Kier alpha value is -4.36. The molecule has 0 aromatic carbocycles. The minimum Gasteiger partial charge on any atom is -0.479 e. The number of hydrogen-bond acceptors (Lipinski definition) is 11. The molecule has 0 aromatic rings. The minimum atomic E-state index is -1.94. The van der Waals surface area contributed by atoms with Crippen LogP contribution in [0.3, 0.4) is 0 Å². The normalized spacial score (nSPS) is 19.3. The minimum absolute atomic E-state index is 0.144. The third kappa shape index (κ3) is 37.1. The van der Waals surface area contributed by atoms with Gasteiger partial charge >= 0.3 is 23.9 Å². The molecular formula is C59H94O12. The van der Waals surface area contributed by atoms with E-state index in [0.29, 0.717) is 19.3 Å². The number of esters is 3. The lowest BCUT2D eigenvalue weighted by molar-refractivity contribution is -0.301. The molecule has 1 rings (SSSR count). The van der Waals surface area contributed by atoms with Gasteiger partial charge in [0.1, 0.15) is 18.8 Å². The first-order valence-electron chi connectivity index (χ1n) is 27.2. The van der Waals surface area contributed by atoms with E-state index in [1.807, 2.05) is 12.2 Å². The zero-order valence-corrected chi connectivity index (χ0v) is 43.9. The molecule has 0 aliphatic carbocycles. The number of carbonyl (C=O) groups is 4. The van der Waals surface area contributed by atoms with Crippen molar-refractivity contribution in [3.63, 3.8) is 0 Å². The first kappa shape index (κ1) is 64.7. The second-order valence-corrected chi connectivity index (χ2v) is 18.1. The third-order valence-electron chi connectivity index (χ3n) is 11.7. The molecule has 1 saturated heterocycles. The van der Waals surface area contributed by atoms with E-state index in [1.165, 1.54) is 57.8 Å². The molecule has 12 heteroatoms. The summed E-state index contributed by atoms with van der Waals surface area (Å²) < 4.78 is 28.2. The van der Waals surface area contributed by atoms with Crippen molar-refractivity contribution in [3.8, 4) is 0 Å². The summed E-state index contributed by atoms with van der Waals surface area (Å²) >= 11 is 0. The highest BCUT2D eigenvalue weighted by atomic mass is 16.7. The molecule has 0 bridgehead atoms. The van der Waals surface area contributed by atoms with Crippen molar-refractivity contribution in [3.05, 3.63) is 97.2 Å². The Balaban J connectivity index is 2.80. The van der Waals surface area contributed by atoms with Gasteiger partial charge in [-0.1, -0.05) is 201 Å². The number of unbranched alkanes of at least 4 members (excludes halogenated alkanes) is 15. The van der Waals surface area contributed by atoms with E-state index in [-0.39, 0.29) is 25.9 Å². The maximum absolute atomic E-state index is 13.1. The van der Waals surface area contributed by atoms with E-state index in [1.54, 1.807) is 12.2 Å². The summed E-state index contributed by atoms with van der Waals surface area (Å²) in [7, 11) is 0. The van der Waals surface area contributed by atoms with Crippen molar-refractivity contribution < 1.29 is 58.2 Å². The molecule has 1 heterocycles. The highest BCUT2D eigenvalue weighted by Crippen LogP contribution is 2.26. The summed E-state index contributed by atoms with van der Waals surface area (Å²) in [6.45, 7) is 5.67. The lowest BCUT2D eigenvalue weighted by Gasteiger charge is -2.40. The zero-order valence-electron chi connectivity index (χ0n) is 43.9. The lowest BCUT2D eigenvalue weighted by atomic mass is 9.98. The second kappa shape index (κ2) is 46.7. The number of carbonyl (C=O) groups excluding carboxylic acids is 3. The van der Waals surface area contributed by atoms with E-state index >= 15 is 0 Å². The smallest absolute Gasteiger partial charge is 0.335 e. The molecule has 0 radical (unpaired) electrons. The molecule has 71 heavy (non-hydrogen) atoms. The van der Waals surface area contributed by atoms with Gasteiger partial charge < -0.3 is 39.0 Å². The number of ether oxygens (including phenoxy) is 5. The quantitative estimate of drug-likeness (QED) is 0.0228. The summed E-state index contributed by atoms with van der Waals surface area (Å²) in [5.41, 5.74) is 0. The third-order valence-corrected chi connectivity index (χ3v) is 11.7. The average Bonchev–Trinajstić information content (AvgIpc) is 3.35. The first-order valence-corrected chi connectivity index (χ1v) is 27.2. The summed E-state index contributed by atoms with van der Waals surface area (Å²) in [5.74, 6) is -3.33. The van der Waals surface area contributed by atoms with Crippen LogP contribution in [0.15, 0.2) is 97.2 Å². The Kier molecular flexibility index (Phi) is 42.5. The van der Waals surface area contributed by atoms with E-state index in [2.05, 4.69) is 93.7 Å². The zero-order chi connectivity index (χ0) is 51.8. The van der Waals surface area contributed by atoms with Crippen LogP contribution in [0.25, 0.3) is 0 Å². The molecule has 0 amide bonds. The van der Waals surface area contributed by atoms with Crippen molar-refractivity contribution in [2.75, 3.05) is 13.2 Å². The number of aliphatic hydroxyl groups excluding tert-OH is 2. The maximum atomic E-state index is 13.1. The fourth-order valence-corrected chi connectivity index (χ4v) is 7.57. The van der Waals surface area contributed by atoms with E-state index in [9.17, 15) is 34.5 Å². The molecule has 0 aromatic heterocycles. The Morgan fingerprint density at radius 1 is 0.493 bits per heavy atom. The molecule has 6 atom stereocenters. The van der Waals surface area contributed by atoms with Crippen LogP contribution in [-0.2, 0) is 42.9 Å². The Morgan fingerprint density at radius 2 is 0.930 bits per heavy atom. The molecule has 0 spiro atoms. The Morgan fingerprint density at radius 3 is 1.42 bits per heavy atom. The molecule has 1 aliphatic heterocycles. The van der Waals surface area contributed by atoms with Gasteiger partial charge in [0.15, 0.2) is 24.6 Å². The lowest BCUT2D eigenvalue weighted by Crippen LogP contribution is -2.61. The van der Waals surface area contributed by atoms with Crippen molar-refractivity contribution in [2.24, 2.45) is 0 Å². The van der Waals surface area contributed by atoms with Gasteiger partial charge in [-0.3, -0.25) is 14.4 Å².